The molecule has 1 aromatic heterocycles. The molecule has 0 radical (unpaired) electrons. The lowest BCUT2D eigenvalue weighted by atomic mass is 10.1. The Labute approximate surface area is 87.7 Å². The van der Waals surface area contributed by atoms with Crippen molar-refractivity contribution in [2.75, 3.05) is 0 Å². The highest BCUT2D eigenvalue weighted by atomic mass is 35.5. The number of hydrogen-bond acceptors (Lipinski definition) is 2. The number of halogens is 1. The average molecular weight is 214 g/mol. The van der Waals surface area contributed by atoms with Crippen LogP contribution in [0.25, 0.3) is 0 Å². The van der Waals surface area contributed by atoms with Gasteiger partial charge in [-0.25, -0.2) is 0 Å². The summed E-state index contributed by atoms with van der Waals surface area (Å²) in [6.45, 7) is 0. The van der Waals surface area contributed by atoms with Crippen molar-refractivity contribution in [3.05, 3.63) is 30.1 Å². The Bertz CT molecular complexity index is 289. The number of nitrogens with zero attached hydrogens (tertiary/aromatic N) is 1. The van der Waals surface area contributed by atoms with Gasteiger partial charge in [0.25, 0.3) is 0 Å². The molecule has 0 aliphatic heterocycles. The fraction of sp³-hybridized carbons (Fsp3) is 0.400. The van der Waals surface area contributed by atoms with Crippen molar-refractivity contribution in [3.63, 3.8) is 0 Å². The highest BCUT2D eigenvalue weighted by Gasteiger charge is 2.07. The minimum Gasteiger partial charge on any atom is -0.481 e. The third-order valence-corrected chi connectivity index (χ3v) is 2.39. The number of carbonyl (C=O) groups is 1. The molecule has 0 amide bonds. The van der Waals surface area contributed by atoms with Gasteiger partial charge in [0.15, 0.2) is 0 Å². The van der Waals surface area contributed by atoms with Crippen molar-refractivity contribution in [1.82, 2.24) is 4.98 Å². The fourth-order valence-corrected chi connectivity index (χ4v) is 1.47. The second-order valence-corrected chi connectivity index (χ2v) is 3.56. The van der Waals surface area contributed by atoms with Crippen molar-refractivity contribution < 1.29 is 9.90 Å². The smallest absolute Gasteiger partial charge is 0.303 e. The zero-order valence-electron chi connectivity index (χ0n) is 7.69. The van der Waals surface area contributed by atoms with Gasteiger partial charge in [0.1, 0.15) is 0 Å². The molecular formula is C10H12ClNO2. The van der Waals surface area contributed by atoms with E-state index in [0.29, 0.717) is 12.8 Å². The molecule has 0 spiro atoms. The number of carboxylic acids is 1. The van der Waals surface area contributed by atoms with Gasteiger partial charge >= 0.3 is 5.97 Å². The first-order valence-electron chi connectivity index (χ1n) is 4.46. The molecule has 4 heteroatoms. The second-order valence-electron chi connectivity index (χ2n) is 3.03. The van der Waals surface area contributed by atoms with Crippen LogP contribution in [0, 0.1) is 0 Å². The van der Waals surface area contributed by atoms with Crippen molar-refractivity contribution in [1.29, 1.82) is 0 Å². The average Bonchev–Trinajstić information content (AvgIpc) is 2.18. The van der Waals surface area contributed by atoms with Crippen LogP contribution < -0.4 is 0 Å². The van der Waals surface area contributed by atoms with Gasteiger partial charge in [0.05, 0.1) is 5.38 Å². The van der Waals surface area contributed by atoms with Crippen molar-refractivity contribution in [2.45, 2.75) is 24.6 Å². The summed E-state index contributed by atoms with van der Waals surface area (Å²) >= 11 is 6.07. The summed E-state index contributed by atoms with van der Waals surface area (Å²) in [5.74, 6) is -0.774. The highest BCUT2D eigenvalue weighted by molar-refractivity contribution is 6.20. The van der Waals surface area contributed by atoms with Gasteiger partial charge < -0.3 is 5.11 Å². The molecule has 0 saturated carbocycles. The third kappa shape index (κ3) is 3.75. The van der Waals surface area contributed by atoms with E-state index in [0.717, 1.165) is 5.56 Å². The molecule has 0 bridgehead atoms. The Hall–Kier alpha value is -1.09. The second kappa shape index (κ2) is 5.60. The van der Waals surface area contributed by atoms with Gasteiger partial charge in [-0.1, -0.05) is 0 Å². The van der Waals surface area contributed by atoms with Crippen LogP contribution in [-0.2, 0) is 4.79 Å². The van der Waals surface area contributed by atoms with E-state index in [9.17, 15) is 4.79 Å². The molecule has 1 heterocycles. The molecule has 3 nitrogen and oxygen atoms in total. The zero-order valence-corrected chi connectivity index (χ0v) is 8.44. The van der Waals surface area contributed by atoms with Gasteiger partial charge in [-0.15, -0.1) is 11.6 Å². The maximum absolute atomic E-state index is 10.3. The molecule has 0 aliphatic rings. The van der Waals surface area contributed by atoms with E-state index in [-0.39, 0.29) is 11.8 Å². The number of rotatable bonds is 5. The van der Waals surface area contributed by atoms with Crippen LogP contribution in [0.1, 0.15) is 30.2 Å². The largest absolute Gasteiger partial charge is 0.481 e. The molecule has 0 fully saturated rings. The summed E-state index contributed by atoms with van der Waals surface area (Å²) in [5.41, 5.74) is 0.993. The minimum atomic E-state index is -0.774. The van der Waals surface area contributed by atoms with Gasteiger partial charge in [-0.3, -0.25) is 9.78 Å². The Morgan fingerprint density at radius 2 is 2.14 bits per heavy atom. The molecule has 0 saturated heterocycles. The summed E-state index contributed by atoms with van der Waals surface area (Å²) in [4.78, 5) is 14.1. The lowest BCUT2D eigenvalue weighted by Gasteiger charge is -2.07. The van der Waals surface area contributed by atoms with E-state index in [2.05, 4.69) is 4.98 Å². The fourth-order valence-electron chi connectivity index (χ4n) is 1.17. The summed E-state index contributed by atoms with van der Waals surface area (Å²) < 4.78 is 0. The molecular weight excluding hydrogens is 202 g/mol. The van der Waals surface area contributed by atoms with E-state index >= 15 is 0 Å². The van der Waals surface area contributed by atoms with Crippen molar-refractivity contribution in [2.24, 2.45) is 0 Å². The number of carboxylic acid groups (broad SMARTS) is 1. The van der Waals surface area contributed by atoms with Gasteiger partial charge in [-0.05, 0) is 30.5 Å². The van der Waals surface area contributed by atoms with Crippen LogP contribution in [-0.4, -0.2) is 16.1 Å². The number of hydrogen-bond donors (Lipinski definition) is 1. The Morgan fingerprint density at radius 3 is 2.71 bits per heavy atom. The summed E-state index contributed by atoms with van der Waals surface area (Å²) in [7, 11) is 0. The molecule has 0 aromatic carbocycles. The van der Waals surface area contributed by atoms with Crippen LogP contribution >= 0.6 is 11.6 Å². The Morgan fingerprint density at radius 1 is 1.50 bits per heavy atom. The normalized spacial score (nSPS) is 12.4. The predicted molar refractivity (Wildman–Crippen MR) is 54.3 cm³/mol. The maximum atomic E-state index is 10.3. The number of alkyl halides is 1. The molecule has 14 heavy (non-hydrogen) atoms. The monoisotopic (exact) mass is 213 g/mol. The number of pyridine rings is 1. The lowest BCUT2D eigenvalue weighted by Crippen LogP contribution is -1.96. The maximum Gasteiger partial charge on any atom is 0.303 e. The molecule has 1 N–H and O–H groups in total. The summed E-state index contributed by atoms with van der Waals surface area (Å²) in [6, 6.07) is 3.69. The molecule has 1 atom stereocenters. The van der Waals surface area contributed by atoms with Crippen LogP contribution in [0.2, 0.25) is 0 Å². The van der Waals surface area contributed by atoms with E-state index in [1.807, 2.05) is 12.1 Å². The molecule has 1 rings (SSSR count). The first kappa shape index (κ1) is 11.0. The molecule has 1 unspecified atom stereocenters. The standard InChI is InChI=1S/C10H12ClNO2/c11-9(2-1-3-10(13)14)8-4-6-12-7-5-8/h4-7,9H,1-3H2,(H,13,14). The first-order chi connectivity index (χ1) is 6.70. The minimum absolute atomic E-state index is 0.114. The molecule has 0 aliphatic carbocycles. The Balaban J connectivity index is 2.36. The van der Waals surface area contributed by atoms with Gasteiger partial charge in [-0.2, -0.15) is 0 Å². The molecule has 76 valence electrons. The van der Waals surface area contributed by atoms with Gasteiger partial charge in [0.2, 0.25) is 0 Å². The van der Waals surface area contributed by atoms with Crippen LogP contribution in [0.4, 0.5) is 0 Å². The Kier molecular flexibility index (Phi) is 4.40. The van der Waals surface area contributed by atoms with E-state index in [4.69, 9.17) is 16.7 Å². The lowest BCUT2D eigenvalue weighted by molar-refractivity contribution is -0.137. The van der Waals surface area contributed by atoms with Crippen LogP contribution in [0.3, 0.4) is 0 Å². The summed E-state index contributed by atoms with van der Waals surface area (Å²) in [5, 5.41) is 8.33. The number of aliphatic carboxylic acids is 1. The van der Waals surface area contributed by atoms with Crippen molar-refractivity contribution >= 4 is 17.6 Å². The quantitative estimate of drug-likeness (QED) is 0.765. The molecule has 1 aromatic rings. The predicted octanol–water partition coefficient (Wildman–Crippen LogP) is 2.62. The summed E-state index contributed by atoms with van der Waals surface area (Å²) in [6.07, 6.45) is 4.82. The highest BCUT2D eigenvalue weighted by Crippen LogP contribution is 2.25. The van der Waals surface area contributed by atoms with E-state index in [1.165, 1.54) is 0 Å². The zero-order chi connectivity index (χ0) is 10.4. The van der Waals surface area contributed by atoms with Crippen LogP contribution in [0.15, 0.2) is 24.5 Å². The topological polar surface area (TPSA) is 50.2 Å². The van der Waals surface area contributed by atoms with E-state index in [1.54, 1.807) is 12.4 Å². The van der Waals surface area contributed by atoms with Crippen LogP contribution in [0.5, 0.6) is 0 Å². The number of aromatic nitrogens is 1. The van der Waals surface area contributed by atoms with E-state index < -0.39 is 5.97 Å². The van der Waals surface area contributed by atoms with Gasteiger partial charge in [0, 0.05) is 18.8 Å². The van der Waals surface area contributed by atoms with Crippen molar-refractivity contribution in [3.8, 4) is 0 Å². The SMILES string of the molecule is O=C(O)CCCC(Cl)c1ccncc1. The third-order valence-electron chi connectivity index (χ3n) is 1.92. The first-order valence-corrected chi connectivity index (χ1v) is 4.89.